The molecule has 3 nitrogen and oxygen atoms in total. The maximum atomic E-state index is 11.1. The highest BCUT2D eigenvalue weighted by molar-refractivity contribution is 6.29. The summed E-state index contributed by atoms with van der Waals surface area (Å²) >= 11 is 5.41. The number of carbonyl (C=O) groups is 1. The zero-order chi connectivity index (χ0) is 12.1. The Morgan fingerprint density at radius 1 is 1.50 bits per heavy atom. The highest BCUT2D eigenvalue weighted by Crippen LogP contribution is 2.29. The summed E-state index contributed by atoms with van der Waals surface area (Å²) in [6.07, 6.45) is 0. The van der Waals surface area contributed by atoms with Crippen LogP contribution in [0, 0.1) is 0 Å². The smallest absolute Gasteiger partial charge is 0.239 e. The van der Waals surface area contributed by atoms with Crippen LogP contribution in [0.1, 0.15) is 25.3 Å². The van der Waals surface area contributed by atoms with E-state index >= 15 is 0 Å². The number of hydrogen-bond donors (Lipinski definition) is 1. The van der Waals surface area contributed by atoms with E-state index in [9.17, 15) is 4.79 Å². The summed E-state index contributed by atoms with van der Waals surface area (Å²) in [6, 6.07) is 5.61. The lowest BCUT2D eigenvalue weighted by atomic mass is 10.0. The first-order valence-electron chi connectivity index (χ1n) is 5.12. The molecule has 1 aromatic rings. The van der Waals surface area contributed by atoms with Crippen molar-refractivity contribution in [1.29, 1.82) is 0 Å². The quantitative estimate of drug-likeness (QED) is 0.823. The number of benzene rings is 1. The summed E-state index contributed by atoms with van der Waals surface area (Å²) in [6.45, 7) is 4.18. The number of carbonyl (C=O) groups excluding carboxylic acids is 1. The number of anilines is 1. The van der Waals surface area contributed by atoms with Crippen molar-refractivity contribution in [2.24, 2.45) is 0 Å². The highest BCUT2D eigenvalue weighted by Gasteiger charge is 2.09. The molecular formula is C12H16ClNO2. The fourth-order valence-corrected chi connectivity index (χ4v) is 1.53. The van der Waals surface area contributed by atoms with Crippen LogP contribution in [0.25, 0.3) is 0 Å². The summed E-state index contributed by atoms with van der Waals surface area (Å²) in [5, 5.41) is 2.68. The van der Waals surface area contributed by atoms with Crippen LogP contribution in [0.15, 0.2) is 18.2 Å². The van der Waals surface area contributed by atoms with Crippen molar-refractivity contribution < 1.29 is 9.53 Å². The number of ether oxygens (including phenoxy) is 1. The summed E-state index contributed by atoms with van der Waals surface area (Å²) in [7, 11) is 1.62. The van der Waals surface area contributed by atoms with Crippen molar-refractivity contribution in [3.8, 4) is 5.75 Å². The van der Waals surface area contributed by atoms with Crippen LogP contribution >= 0.6 is 11.6 Å². The molecule has 0 heterocycles. The third-order valence-electron chi connectivity index (χ3n) is 2.26. The molecule has 0 atom stereocenters. The van der Waals surface area contributed by atoms with Gasteiger partial charge in [-0.15, -0.1) is 11.6 Å². The average Bonchev–Trinajstić information content (AvgIpc) is 2.28. The summed E-state index contributed by atoms with van der Waals surface area (Å²) in [4.78, 5) is 11.1. The molecule has 0 saturated carbocycles. The van der Waals surface area contributed by atoms with Crippen LogP contribution in [0.3, 0.4) is 0 Å². The Morgan fingerprint density at radius 2 is 2.19 bits per heavy atom. The van der Waals surface area contributed by atoms with Gasteiger partial charge < -0.3 is 10.1 Å². The van der Waals surface area contributed by atoms with Crippen molar-refractivity contribution in [2.75, 3.05) is 18.3 Å². The van der Waals surface area contributed by atoms with E-state index in [0.29, 0.717) is 11.6 Å². The minimum Gasteiger partial charge on any atom is -0.496 e. The maximum absolute atomic E-state index is 11.1. The SMILES string of the molecule is COc1cc(NC(=O)CCl)ccc1C(C)C. The second-order valence-corrected chi connectivity index (χ2v) is 4.06. The first kappa shape index (κ1) is 12.8. The van der Waals surface area contributed by atoms with E-state index in [0.717, 1.165) is 11.3 Å². The number of methoxy groups -OCH3 is 1. The van der Waals surface area contributed by atoms with E-state index < -0.39 is 0 Å². The standard InChI is InChI=1S/C12H16ClNO2/c1-8(2)10-5-4-9(6-11(10)16-3)14-12(15)7-13/h4-6,8H,7H2,1-3H3,(H,14,15). The first-order valence-corrected chi connectivity index (χ1v) is 5.65. The zero-order valence-electron chi connectivity index (χ0n) is 9.71. The van der Waals surface area contributed by atoms with Crippen LogP contribution < -0.4 is 10.1 Å². The minimum absolute atomic E-state index is 0.0474. The molecular weight excluding hydrogens is 226 g/mol. The number of halogens is 1. The molecule has 4 heteroatoms. The molecule has 1 aromatic carbocycles. The van der Waals surface area contributed by atoms with E-state index in [-0.39, 0.29) is 11.8 Å². The molecule has 0 aliphatic carbocycles. The van der Waals surface area contributed by atoms with Crippen LogP contribution in [0.5, 0.6) is 5.75 Å². The van der Waals surface area contributed by atoms with Gasteiger partial charge in [-0.3, -0.25) is 4.79 Å². The number of alkyl halides is 1. The van der Waals surface area contributed by atoms with Gasteiger partial charge in [-0.05, 0) is 17.5 Å². The molecule has 16 heavy (non-hydrogen) atoms. The monoisotopic (exact) mass is 241 g/mol. The molecule has 0 radical (unpaired) electrons. The molecule has 0 aliphatic heterocycles. The van der Waals surface area contributed by atoms with Crippen molar-refractivity contribution in [3.05, 3.63) is 23.8 Å². The van der Waals surface area contributed by atoms with Gasteiger partial charge in [0.25, 0.3) is 0 Å². The molecule has 88 valence electrons. The topological polar surface area (TPSA) is 38.3 Å². The summed E-state index contributed by atoms with van der Waals surface area (Å²) in [5.74, 6) is 0.893. The molecule has 1 N–H and O–H groups in total. The number of hydrogen-bond acceptors (Lipinski definition) is 2. The number of nitrogens with one attached hydrogen (secondary N) is 1. The molecule has 0 spiro atoms. The van der Waals surface area contributed by atoms with Gasteiger partial charge in [0.05, 0.1) is 7.11 Å². The molecule has 0 saturated heterocycles. The molecule has 0 unspecified atom stereocenters. The summed E-state index contributed by atoms with van der Waals surface area (Å²) in [5.41, 5.74) is 1.82. The van der Waals surface area contributed by atoms with Gasteiger partial charge in [0.1, 0.15) is 11.6 Å². The second kappa shape index (κ2) is 5.75. The largest absolute Gasteiger partial charge is 0.496 e. The van der Waals surface area contributed by atoms with E-state index in [2.05, 4.69) is 19.2 Å². The maximum Gasteiger partial charge on any atom is 0.239 e. The lowest BCUT2D eigenvalue weighted by molar-refractivity contribution is -0.113. The molecule has 0 aliphatic rings. The van der Waals surface area contributed by atoms with Crippen molar-refractivity contribution in [2.45, 2.75) is 19.8 Å². The van der Waals surface area contributed by atoms with E-state index in [4.69, 9.17) is 16.3 Å². The van der Waals surface area contributed by atoms with Crippen LogP contribution in [0.4, 0.5) is 5.69 Å². The van der Waals surface area contributed by atoms with Gasteiger partial charge >= 0.3 is 0 Å². The third-order valence-corrected chi connectivity index (χ3v) is 2.50. The van der Waals surface area contributed by atoms with E-state index in [1.165, 1.54) is 0 Å². The predicted molar refractivity (Wildman–Crippen MR) is 66.4 cm³/mol. The van der Waals surface area contributed by atoms with Crippen molar-refractivity contribution in [1.82, 2.24) is 0 Å². The Hall–Kier alpha value is -1.22. The Morgan fingerprint density at radius 3 is 2.69 bits per heavy atom. The second-order valence-electron chi connectivity index (χ2n) is 3.79. The fraction of sp³-hybridized carbons (Fsp3) is 0.417. The minimum atomic E-state index is -0.221. The van der Waals surface area contributed by atoms with Crippen LogP contribution in [-0.2, 0) is 4.79 Å². The zero-order valence-corrected chi connectivity index (χ0v) is 10.5. The van der Waals surface area contributed by atoms with E-state index in [1.54, 1.807) is 13.2 Å². The normalized spacial score (nSPS) is 10.3. The Labute approximate surface area is 101 Å². The average molecular weight is 242 g/mol. The summed E-state index contributed by atoms with van der Waals surface area (Å²) < 4.78 is 5.28. The van der Waals surface area contributed by atoms with Gasteiger partial charge in [-0.1, -0.05) is 19.9 Å². The molecule has 0 fully saturated rings. The van der Waals surface area contributed by atoms with Crippen LogP contribution in [-0.4, -0.2) is 18.9 Å². The van der Waals surface area contributed by atoms with Crippen molar-refractivity contribution in [3.63, 3.8) is 0 Å². The van der Waals surface area contributed by atoms with Crippen LogP contribution in [0.2, 0.25) is 0 Å². The molecule has 1 rings (SSSR count). The Balaban J connectivity index is 2.95. The number of amides is 1. The van der Waals surface area contributed by atoms with Gasteiger partial charge in [-0.25, -0.2) is 0 Å². The lowest BCUT2D eigenvalue weighted by Crippen LogP contribution is -2.12. The Kier molecular flexibility index (Phi) is 4.62. The van der Waals surface area contributed by atoms with Gasteiger partial charge in [0.15, 0.2) is 0 Å². The first-order chi connectivity index (χ1) is 7.58. The molecule has 0 aromatic heterocycles. The number of rotatable bonds is 4. The van der Waals surface area contributed by atoms with E-state index in [1.807, 2.05) is 12.1 Å². The third kappa shape index (κ3) is 3.14. The molecule has 0 bridgehead atoms. The van der Waals surface area contributed by atoms with Gasteiger partial charge in [0.2, 0.25) is 5.91 Å². The predicted octanol–water partition coefficient (Wildman–Crippen LogP) is 3.00. The van der Waals surface area contributed by atoms with Gasteiger partial charge in [0, 0.05) is 11.8 Å². The fourth-order valence-electron chi connectivity index (χ4n) is 1.46. The van der Waals surface area contributed by atoms with Gasteiger partial charge in [-0.2, -0.15) is 0 Å². The lowest BCUT2D eigenvalue weighted by Gasteiger charge is -2.13. The highest BCUT2D eigenvalue weighted by atomic mass is 35.5. The van der Waals surface area contributed by atoms with Crippen molar-refractivity contribution >= 4 is 23.2 Å². The Bertz CT molecular complexity index is 377. The molecule has 1 amide bonds.